The van der Waals surface area contributed by atoms with E-state index < -0.39 is 0 Å². The minimum atomic E-state index is -0.387. The molecule has 1 aromatic heterocycles. The molecule has 5 rings (SSSR count). The van der Waals surface area contributed by atoms with Crippen LogP contribution in [0.2, 0.25) is 5.02 Å². The summed E-state index contributed by atoms with van der Waals surface area (Å²) in [6, 6.07) is 11.3. The van der Waals surface area contributed by atoms with Gasteiger partial charge in [-0.3, -0.25) is 4.79 Å². The topological polar surface area (TPSA) is 123 Å². The van der Waals surface area contributed by atoms with Crippen LogP contribution in [0.4, 0.5) is 17.3 Å². The standard InChI is InChI=1S/C29H31ClN6O3/c1-29(2)16-33-26-18(15-31)11-17(12-21(26)29)23-6-8-32-28(34-23)35-24-14-22(30)20(13-25(24)39-3)27(38)36-9-4-5-19(37)7-10-36/h6,8,11-14,19,33,37H,4-5,7,9-10,16H2,1-3H3,(H,32,34,35). The van der Waals surface area contributed by atoms with Gasteiger partial charge >= 0.3 is 0 Å². The van der Waals surface area contributed by atoms with Crippen LogP contribution in [-0.2, 0) is 5.41 Å². The molecule has 10 heteroatoms. The van der Waals surface area contributed by atoms with E-state index in [1.165, 1.54) is 7.11 Å². The minimum Gasteiger partial charge on any atom is -0.495 e. The first-order valence-electron chi connectivity index (χ1n) is 13.0. The highest BCUT2D eigenvalue weighted by atomic mass is 35.5. The smallest absolute Gasteiger partial charge is 0.255 e. The van der Waals surface area contributed by atoms with E-state index in [1.807, 2.05) is 6.07 Å². The summed E-state index contributed by atoms with van der Waals surface area (Å²) in [6.07, 6.45) is 3.22. The molecule has 9 nitrogen and oxygen atoms in total. The predicted molar refractivity (Wildman–Crippen MR) is 151 cm³/mol. The highest BCUT2D eigenvalue weighted by molar-refractivity contribution is 6.34. The van der Waals surface area contributed by atoms with Crippen LogP contribution in [0.3, 0.4) is 0 Å². The van der Waals surface area contributed by atoms with Gasteiger partial charge in [0.15, 0.2) is 0 Å². The minimum absolute atomic E-state index is 0.110. The first-order valence-corrected chi connectivity index (χ1v) is 13.4. The van der Waals surface area contributed by atoms with E-state index in [4.69, 9.17) is 21.3 Å². The molecule has 0 radical (unpaired) electrons. The number of methoxy groups -OCH3 is 1. The molecule has 1 saturated heterocycles. The number of hydrogen-bond donors (Lipinski definition) is 3. The number of halogens is 1. The van der Waals surface area contributed by atoms with Gasteiger partial charge < -0.3 is 25.4 Å². The number of benzene rings is 2. The molecule has 0 spiro atoms. The van der Waals surface area contributed by atoms with Crippen molar-refractivity contribution in [3.63, 3.8) is 0 Å². The summed E-state index contributed by atoms with van der Waals surface area (Å²) < 4.78 is 5.58. The van der Waals surface area contributed by atoms with Crippen LogP contribution in [0.15, 0.2) is 36.5 Å². The third-order valence-electron chi connectivity index (χ3n) is 7.40. The second kappa shape index (κ2) is 10.7. The fourth-order valence-electron chi connectivity index (χ4n) is 5.14. The molecule has 1 amide bonds. The fraction of sp³-hybridized carbons (Fsp3) is 0.379. The number of ether oxygens (including phenoxy) is 1. The number of fused-ring (bicyclic) bond motifs is 1. The fourth-order valence-corrected chi connectivity index (χ4v) is 5.39. The van der Waals surface area contributed by atoms with Crippen molar-refractivity contribution in [1.29, 1.82) is 5.26 Å². The van der Waals surface area contributed by atoms with Crippen LogP contribution in [0, 0.1) is 11.3 Å². The van der Waals surface area contributed by atoms with E-state index in [0.29, 0.717) is 60.1 Å². The van der Waals surface area contributed by atoms with Gasteiger partial charge in [0, 0.05) is 36.8 Å². The summed E-state index contributed by atoms with van der Waals surface area (Å²) in [5, 5.41) is 26.5. The molecule has 1 unspecified atom stereocenters. The Morgan fingerprint density at radius 2 is 2.10 bits per heavy atom. The van der Waals surface area contributed by atoms with Crippen molar-refractivity contribution in [2.24, 2.45) is 0 Å². The Hall–Kier alpha value is -3.87. The van der Waals surface area contributed by atoms with Crippen molar-refractivity contribution in [1.82, 2.24) is 14.9 Å². The van der Waals surface area contributed by atoms with Gasteiger partial charge in [0.05, 0.1) is 46.4 Å². The molecule has 2 aliphatic rings. The molecule has 1 fully saturated rings. The molecule has 2 aromatic carbocycles. The molecule has 2 aliphatic heterocycles. The van der Waals surface area contributed by atoms with Gasteiger partial charge in [0.2, 0.25) is 5.95 Å². The molecule has 3 aromatic rings. The maximum absolute atomic E-state index is 13.2. The number of nitrogens with zero attached hydrogens (tertiary/aromatic N) is 4. The van der Waals surface area contributed by atoms with Crippen LogP contribution >= 0.6 is 11.6 Å². The lowest BCUT2D eigenvalue weighted by Crippen LogP contribution is -2.32. The van der Waals surface area contributed by atoms with Crippen LogP contribution in [0.25, 0.3) is 11.3 Å². The van der Waals surface area contributed by atoms with E-state index in [1.54, 1.807) is 29.3 Å². The Morgan fingerprint density at radius 1 is 1.28 bits per heavy atom. The monoisotopic (exact) mass is 546 g/mol. The Kier molecular flexibility index (Phi) is 7.34. The zero-order valence-electron chi connectivity index (χ0n) is 22.2. The van der Waals surface area contributed by atoms with Crippen molar-refractivity contribution < 1.29 is 14.6 Å². The maximum atomic E-state index is 13.2. The number of nitrogens with one attached hydrogen (secondary N) is 2. The molecule has 3 N–H and O–H groups in total. The summed E-state index contributed by atoms with van der Waals surface area (Å²) in [5.74, 6) is 0.544. The number of likely N-dealkylation sites (tertiary alicyclic amines) is 1. The van der Waals surface area contributed by atoms with E-state index in [-0.39, 0.29) is 22.4 Å². The van der Waals surface area contributed by atoms with Crippen molar-refractivity contribution in [3.05, 3.63) is 58.2 Å². The van der Waals surface area contributed by atoms with Gasteiger partial charge in [-0.05, 0) is 55.2 Å². The molecular formula is C29H31ClN6O3. The summed E-state index contributed by atoms with van der Waals surface area (Å²) >= 11 is 6.58. The zero-order valence-corrected chi connectivity index (χ0v) is 23.0. The molecule has 1 atom stereocenters. The number of rotatable bonds is 5. The third-order valence-corrected chi connectivity index (χ3v) is 7.71. The van der Waals surface area contributed by atoms with Gasteiger partial charge in [0.25, 0.3) is 5.91 Å². The van der Waals surface area contributed by atoms with Crippen LogP contribution in [0.5, 0.6) is 5.75 Å². The predicted octanol–water partition coefficient (Wildman–Crippen LogP) is 5.11. The Bertz CT molecular complexity index is 1470. The number of nitriles is 1. The number of aliphatic hydroxyl groups excluding tert-OH is 1. The molecule has 3 heterocycles. The van der Waals surface area contributed by atoms with E-state index in [2.05, 4.69) is 41.6 Å². The van der Waals surface area contributed by atoms with Gasteiger partial charge in [-0.1, -0.05) is 25.4 Å². The quantitative estimate of drug-likeness (QED) is 0.403. The second-order valence-corrected chi connectivity index (χ2v) is 11.0. The van der Waals surface area contributed by atoms with Crippen molar-refractivity contribution in [2.75, 3.05) is 37.4 Å². The lowest BCUT2D eigenvalue weighted by Gasteiger charge is -2.22. The van der Waals surface area contributed by atoms with E-state index in [9.17, 15) is 15.2 Å². The number of aliphatic hydroxyl groups is 1. The summed E-state index contributed by atoms with van der Waals surface area (Å²) in [4.78, 5) is 24.0. The Morgan fingerprint density at radius 3 is 2.87 bits per heavy atom. The molecule has 0 aliphatic carbocycles. The van der Waals surface area contributed by atoms with Crippen LogP contribution in [0.1, 0.15) is 54.6 Å². The first-order chi connectivity index (χ1) is 18.7. The lowest BCUT2D eigenvalue weighted by atomic mass is 9.85. The molecular weight excluding hydrogens is 516 g/mol. The number of carbonyl (C=O) groups is 1. The number of amides is 1. The average Bonchev–Trinajstić information content (AvgIpc) is 3.08. The second-order valence-electron chi connectivity index (χ2n) is 10.6. The SMILES string of the molecule is COc1cc(C(=O)N2CCCC(O)CC2)c(Cl)cc1Nc1nccc(-c2cc(C#N)c3c(c2)C(C)(C)CN3)n1. The van der Waals surface area contributed by atoms with E-state index in [0.717, 1.165) is 29.8 Å². The number of anilines is 3. The van der Waals surface area contributed by atoms with Crippen LogP contribution in [-0.4, -0.2) is 58.7 Å². The molecule has 202 valence electrons. The highest BCUT2D eigenvalue weighted by Gasteiger charge is 2.32. The maximum Gasteiger partial charge on any atom is 0.255 e. The highest BCUT2D eigenvalue weighted by Crippen LogP contribution is 2.41. The van der Waals surface area contributed by atoms with Gasteiger partial charge in [-0.15, -0.1) is 0 Å². The summed E-state index contributed by atoms with van der Waals surface area (Å²) in [5.41, 5.74) is 4.76. The summed E-state index contributed by atoms with van der Waals surface area (Å²) in [7, 11) is 1.52. The van der Waals surface area contributed by atoms with Gasteiger partial charge in [0.1, 0.15) is 11.8 Å². The Labute approximate surface area is 232 Å². The van der Waals surface area contributed by atoms with Gasteiger partial charge in [-0.25, -0.2) is 9.97 Å². The van der Waals surface area contributed by atoms with Crippen LogP contribution < -0.4 is 15.4 Å². The van der Waals surface area contributed by atoms with Crippen molar-refractivity contribution in [3.8, 4) is 23.1 Å². The third kappa shape index (κ3) is 5.35. The summed E-state index contributed by atoms with van der Waals surface area (Å²) in [6.45, 7) is 6.09. The lowest BCUT2D eigenvalue weighted by molar-refractivity contribution is 0.0753. The van der Waals surface area contributed by atoms with Crippen molar-refractivity contribution >= 4 is 34.8 Å². The number of carbonyl (C=O) groups excluding carboxylic acids is 1. The first kappa shape index (κ1) is 26.7. The van der Waals surface area contributed by atoms with Gasteiger partial charge in [-0.2, -0.15) is 5.26 Å². The molecule has 0 bridgehead atoms. The number of hydrogen-bond acceptors (Lipinski definition) is 8. The van der Waals surface area contributed by atoms with E-state index >= 15 is 0 Å². The Balaban J connectivity index is 1.43. The van der Waals surface area contributed by atoms with Crippen molar-refractivity contribution in [2.45, 2.75) is 44.6 Å². The zero-order chi connectivity index (χ0) is 27.7. The number of aromatic nitrogens is 2. The largest absolute Gasteiger partial charge is 0.495 e. The molecule has 0 saturated carbocycles. The average molecular weight is 547 g/mol. The normalized spacial score (nSPS) is 17.9. The molecule has 39 heavy (non-hydrogen) atoms.